The number of halogens is 1. The summed E-state index contributed by atoms with van der Waals surface area (Å²) in [7, 11) is 0. The third kappa shape index (κ3) is 4.67. The van der Waals surface area contributed by atoms with Crippen molar-refractivity contribution >= 4 is 39.6 Å². The molecular weight excluding hydrogens is 386 g/mol. The van der Waals surface area contributed by atoms with E-state index in [0.717, 1.165) is 17.3 Å². The number of phenols is 1. The van der Waals surface area contributed by atoms with Gasteiger partial charge in [-0.25, -0.2) is 5.43 Å². The Labute approximate surface area is 153 Å². The van der Waals surface area contributed by atoms with Crippen LogP contribution in [-0.2, 0) is 4.79 Å². The van der Waals surface area contributed by atoms with Crippen molar-refractivity contribution < 1.29 is 14.7 Å². The molecule has 0 heterocycles. The maximum atomic E-state index is 12.1. The zero-order valence-electron chi connectivity index (χ0n) is 13.2. The lowest BCUT2D eigenvalue weighted by atomic mass is 10.2. The summed E-state index contributed by atoms with van der Waals surface area (Å²) in [5.74, 6) is -0.162. The van der Waals surface area contributed by atoms with E-state index >= 15 is 0 Å². The summed E-state index contributed by atoms with van der Waals surface area (Å²) in [5.41, 5.74) is 3.96. The number of benzene rings is 2. The normalized spacial score (nSPS) is 13.6. The molecule has 1 fully saturated rings. The highest BCUT2D eigenvalue weighted by Crippen LogP contribution is 2.30. The molecule has 0 radical (unpaired) electrons. The monoisotopic (exact) mass is 401 g/mol. The minimum atomic E-state index is -0.384. The maximum Gasteiger partial charge on any atom is 0.271 e. The minimum Gasteiger partial charge on any atom is -0.507 e. The molecule has 25 heavy (non-hydrogen) atoms. The fourth-order valence-electron chi connectivity index (χ4n) is 2.15. The first-order valence-electron chi connectivity index (χ1n) is 7.76. The number of nitrogens with one attached hydrogen (secondary N) is 2. The minimum absolute atomic E-state index is 0.0237. The van der Waals surface area contributed by atoms with Gasteiger partial charge >= 0.3 is 0 Å². The summed E-state index contributed by atoms with van der Waals surface area (Å²) in [6.45, 7) is 0. The summed E-state index contributed by atoms with van der Waals surface area (Å²) in [5, 5.41) is 16.4. The molecule has 3 rings (SSSR count). The number of rotatable bonds is 5. The molecule has 1 saturated carbocycles. The molecular formula is C18H16BrN3O3. The Balaban J connectivity index is 1.58. The lowest BCUT2D eigenvalue weighted by Gasteiger charge is -2.05. The Morgan fingerprint density at radius 2 is 1.88 bits per heavy atom. The molecule has 1 aliphatic rings. The molecule has 0 aromatic heterocycles. The molecule has 7 heteroatoms. The number of carbonyl (C=O) groups excluding carboxylic acids is 2. The van der Waals surface area contributed by atoms with Gasteiger partial charge in [-0.3, -0.25) is 9.59 Å². The number of hydrogen-bond donors (Lipinski definition) is 3. The smallest absolute Gasteiger partial charge is 0.271 e. The molecule has 0 aliphatic heterocycles. The Morgan fingerprint density at radius 3 is 2.56 bits per heavy atom. The van der Waals surface area contributed by atoms with Gasteiger partial charge in [0.1, 0.15) is 5.75 Å². The van der Waals surface area contributed by atoms with Gasteiger partial charge in [0.15, 0.2) is 0 Å². The third-order valence-corrected chi connectivity index (χ3v) is 4.22. The van der Waals surface area contributed by atoms with Crippen molar-refractivity contribution in [2.45, 2.75) is 12.8 Å². The summed E-state index contributed by atoms with van der Waals surface area (Å²) in [6, 6.07) is 11.5. The number of anilines is 1. The molecule has 2 aromatic carbocycles. The van der Waals surface area contributed by atoms with E-state index in [1.54, 1.807) is 36.4 Å². The quantitative estimate of drug-likeness (QED) is 0.530. The molecule has 0 saturated heterocycles. The Hall–Kier alpha value is -2.67. The van der Waals surface area contributed by atoms with Gasteiger partial charge in [0.2, 0.25) is 5.91 Å². The summed E-state index contributed by atoms with van der Waals surface area (Å²) in [6.07, 6.45) is 3.25. The fraction of sp³-hybridized carbons (Fsp3) is 0.167. The number of carbonyl (C=O) groups is 2. The third-order valence-electron chi connectivity index (χ3n) is 3.72. The highest BCUT2D eigenvalue weighted by molar-refractivity contribution is 9.10. The van der Waals surface area contributed by atoms with Crippen LogP contribution in [0.3, 0.4) is 0 Å². The van der Waals surface area contributed by atoms with E-state index in [4.69, 9.17) is 0 Å². The zero-order chi connectivity index (χ0) is 17.8. The lowest BCUT2D eigenvalue weighted by Crippen LogP contribution is -2.18. The van der Waals surface area contributed by atoms with Gasteiger partial charge in [-0.05, 0) is 55.3 Å². The van der Waals surface area contributed by atoms with Gasteiger partial charge in [-0.2, -0.15) is 5.10 Å². The molecule has 0 spiro atoms. The van der Waals surface area contributed by atoms with Crippen molar-refractivity contribution in [2.75, 3.05) is 5.32 Å². The Bertz CT molecular complexity index is 830. The van der Waals surface area contributed by atoms with Crippen LogP contribution in [0.25, 0.3) is 0 Å². The van der Waals surface area contributed by atoms with E-state index < -0.39 is 0 Å². The van der Waals surface area contributed by atoms with Crippen molar-refractivity contribution in [2.24, 2.45) is 11.0 Å². The van der Waals surface area contributed by atoms with E-state index in [2.05, 4.69) is 31.8 Å². The molecule has 1 aliphatic carbocycles. The van der Waals surface area contributed by atoms with Gasteiger partial charge < -0.3 is 10.4 Å². The number of nitrogens with zero attached hydrogens (tertiary/aromatic N) is 1. The topological polar surface area (TPSA) is 90.8 Å². The van der Waals surface area contributed by atoms with E-state index in [-0.39, 0.29) is 23.5 Å². The van der Waals surface area contributed by atoms with Crippen LogP contribution >= 0.6 is 15.9 Å². The molecule has 3 N–H and O–H groups in total. The average Bonchev–Trinajstić information content (AvgIpc) is 3.43. The number of hydrazone groups is 1. The number of hydrogen-bond acceptors (Lipinski definition) is 4. The number of amides is 2. The Kier molecular flexibility index (Phi) is 5.14. The largest absolute Gasteiger partial charge is 0.507 e. The molecule has 0 bridgehead atoms. The van der Waals surface area contributed by atoms with Crippen molar-refractivity contribution in [3.63, 3.8) is 0 Å². The average molecular weight is 402 g/mol. The van der Waals surface area contributed by atoms with Crippen molar-refractivity contribution in [1.29, 1.82) is 0 Å². The standard InChI is InChI=1S/C18H16BrN3O3/c19-14-5-8-16(23)13(9-14)10-20-22-18(25)12-3-6-15(7-4-12)21-17(24)11-1-2-11/h3-11,23H,1-2H2,(H,21,24)(H,22,25). The SMILES string of the molecule is O=C(NN=Cc1cc(Br)ccc1O)c1ccc(NC(=O)C2CC2)cc1. The zero-order valence-corrected chi connectivity index (χ0v) is 14.8. The van der Waals surface area contributed by atoms with Gasteiger partial charge in [0.25, 0.3) is 5.91 Å². The van der Waals surface area contributed by atoms with Crippen LogP contribution in [0.4, 0.5) is 5.69 Å². The van der Waals surface area contributed by atoms with Crippen LogP contribution in [0.15, 0.2) is 52.0 Å². The van der Waals surface area contributed by atoms with Crippen molar-refractivity contribution in [3.05, 3.63) is 58.1 Å². The van der Waals surface area contributed by atoms with E-state index in [1.165, 1.54) is 12.3 Å². The second kappa shape index (κ2) is 7.48. The molecule has 0 atom stereocenters. The van der Waals surface area contributed by atoms with Crippen LogP contribution < -0.4 is 10.7 Å². The molecule has 0 unspecified atom stereocenters. The first kappa shape index (κ1) is 17.2. The summed E-state index contributed by atoms with van der Waals surface area (Å²) in [4.78, 5) is 23.7. The van der Waals surface area contributed by atoms with Gasteiger partial charge in [0.05, 0.1) is 6.21 Å². The number of aromatic hydroxyl groups is 1. The fourth-order valence-corrected chi connectivity index (χ4v) is 2.53. The molecule has 2 aromatic rings. The van der Waals surface area contributed by atoms with Crippen molar-refractivity contribution in [1.82, 2.24) is 5.43 Å². The Morgan fingerprint density at radius 1 is 1.16 bits per heavy atom. The highest BCUT2D eigenvalue weighted by Gasteiger charge is 2.29. The predicted octanol–water partition coefficient (Wildman–Crippen LogP) is 3.27. The van der Waals surface area contributed by atoms with Gasteiger partial charge in [-0.1, -0.05) is 15.9 Å². The predicted molar refractivity (Wildman–Crippen MR) is 98.7 cm³/mol. The second-order valence-electron chi connectivity index (χ2n) is 5.74. The maximum absolute atomic E-state index is 12.1. The van der Waals surface area contributed by atoms with E-state index in [1.807, 2.05) is 0 Å². The van der Waals surface area contributed by atoms with Crippen LogP contribution in [0.5, 0.6) is 5.75 Å². The first-order valence-corrected chi connectivity index (χ1v) is 8.55. The van der Waals surface area contributed by atoms with Crippen LogP contribution in [0.2, 0.25) is 0 Å². The molecule has 2 amide bonds. The second-order valence-corrected chi connectivity index (χ2v) is 6.66. The highest BCUT2D eigenvalue weighted by atomic mass is 79.9. The summed E-state index contributed by atoms with van der Waals surface area (Å²) < 4.78 is 0.793. The molecule has 128 valence electrons. The number of phenolic OH excluding ortho intramolecular Hbond substituents is 1. The van der Waals surface area contributed by atoms with Gasteiger partial charge in [-0.15, -0.1) is 0 Å². The molecule has 6 nitrogen and oxygen atoms in total. The van der Waals surface area contributed by atoms with Crippen LogP contribution in [0.1, 0.15) is 28.8 Å². The summed E-state index contributed by atoms with van der Waals surface area (Å²) >= 11 is 3.30. The van der Waals surface area contributed by atoms with Crippen molar-refractivity contribution in [3.8, 4) is 5.75 Å². The van der Waals surface area contributed by atoms with Crippen LogP contribution in [-0.4, -0.2) is 23.1 Å². The van der Waals surface area contributed by atoms with E-state index in [9.17, 15) is 14.7 Å². The van der Waals surface area contributed by atoms with Gasteiger partial charge in [0, 0.05) is 27.2 Å². The first-order chi connectivity index (χ1) is 12.0. The van der Waals surface area contributed by atoms with E-state index in [0.29, 0.717) is 16.8 Å². The lowest BCUT2D eigenvalue weighted by molar-refractivity contribution is -0.117. The van der Waals surface area contributed by atoms with Crippen LogP contribution in [0, 0.1) is 5.92 Å².